The number of unbranched alkanes of at least 4 members (excludes halogenated alkanes) is 2. The first-order valence-electron chi connectivity index (χ1n) is 8.86. The molecule has 0 bridgehead atoms. The Bertz CT molecular complexity index is 254. The molecule has 0 aliphatic heterocycles. The second-order valence-corrected chi connectivity index (χ2v) is 5.89. The van der Waals surface area contributed by atoms with E-state index in [0.29, 0.717) is 0 Å². The Hall–Kier alpha value is -0.566. The molecule has 140 valence electrons. The molecule has 0 aromatic heterocycles. The van der Waals surface area contributed by atoms with Gasteiger partial charge in [0, 0.05) is 11.9 Å². The molecule has 23 heavy (non-hydrogen) atoms. The number of carboxylic acids is 2. The molecule has 0 saturated carbocycles. The third-order valence-corrected chi connectivity index (χ3v) is 3.75. The van der Waals surface area contributed by atoms with Crippen LogP contribution in [0.2, 0.25) is 0 Å². The molecule has 0 aliphatic rings. The van der Waals surface area contributed by atoms with Gasteiger partial charge in [-0.05, 0) is 37.5 Å². The first-order chi connectivity index (χ1) is 10.4. The summed E-state index contributed by atoms with van der Waals surface area (Å²) in [6, 6.07) is 0. The van der Waals surface area contributed by atoms with E-state index in [9.17, 15) is 19.8 Å². The van der Waals surface area contributed by atoms with Crippen molar-refractivity contribution in [2.24, 2.45) is 11.8 Å². The molecule has 0 saturated heterocycles. The summed E-state index contributed by atoms with van der Waals surface area (Å²) < 4.78 is 0. The molecule has 0 spiro atoms. The summed E-state index contributed by atoms with van der Waals surface area (Å²) in [7, 11) is 0. The van der Waals surface area contributed by atoms with E-state index in [2.05, 4.69) is 13.8 Å². The van der Waals surface area contributed by atoms with Crippen molar-refractivity contribution in [2.75, 3.05) is 0 Å². The molecular weight excluding hydrogens is 339 g/mol. The van der Waals surface area contributed by atoms with E-state index in [-0.39, 0.29) is 28.3 Å². The van der Waals surface area contributed by atoms with Crippen molar-refractivity contribution in [1.29, 1.82) is 0 Å². The van der Waals surface area contributed by atoms with Crippen LogP contribution in [0, 0.1) is 11.8 Å². The van der Waals surface area contributed by atoms with Crippen LogP contribution in [0.5, 0.6) is 0 Å². The SMILES string of the molecule is CCCCC(CCC)C(=O)[O-].CCCCC(CCC)C(=O)[O-].[Ni+2]. The van der Waals surface area contributed by atoms with Gasteiger partial charge in [-0.25, -0.2) is 0 Å². The van der Waals surface area contributed by atoms with Gasteiger partial charge in [-0.3, -0.25) is 0 Å². The zero-order chi connectivity index (χ0) is 17.4. The standard InChI is InChI=1S/2C9H18O2.Ni/c2*1-3-5-7-8(6-4-2)9(10)11;/h2*8H,3-7H2,1-2H3,(H,10,11);/q;;+2/p-2. The van der Waals surface area contributed by atoms with Crippen molar-refractivity contribution < 1.29 is 36.3 Å². The quantitative estimate of drug-likeness (QED) is 0.493. The van der Waals surface area contributed by atoms with E-state index in [4.69, 9.17) is 0 Å². The van der Waals surface area contributed by atoms with Gasteiger partial charge in [0.25, 0.3) is 0 Å². The summed E-state index contributed by atoms with van der Waals surface area (Å²) in [4.78, 5) is 21.0. The third-order valence-electron chi connectivity index (χ3n) is 3.75. The largest absolute Gasteiger partial charge is 2.00 e. The third kappa shape index (κ3) is 17.6. The Morgan fingerprint density at radius 1 is 0.652 bits per heavy atom. The molecule has 0 amide bonds. The van der Waals surface area contributed by atoms with E-state index >= 15 is 0 Å². The maximum atomic E-state index is 10.5. The van der Waals surface area contributed by atoms with Gasteiger partial charge < -0.3 is 19.8 Å². The Kier molecular flexibility index (Phi) is 23.1. The van der Waals surface area contributed by atoms with Gasteiger partial charge in [-0.1, -0.05) is 66.2 Å². The van der Waals surface area contributed by atoms with Crippen LogP contribution in [-0.2, 0) is 26.1 Å². The van der Waals surface area contributed by atoms with Crippen LogP contribution in [0.25, 0.3) is 0 Å². The van der Waals surface area contributed by atoms with E-state index in [1.165, 1.54) is 0 Å². The van der Waals surface area contributed by atoms with Crippen LogP contribution in [0.4, 0.5) is 0 Å². The van der Waals surface area contributed by atoms with Gasteiger partial charge in [0.15, 0.2) is 0 Å². The van der Waals surface area contributed by atoms with Gasteiger partial charge >= 0.3 is 16.5 Å². The predicted octanol–water partition coefficient (Wildman–Crippen LogP) is 2.68. The molecule has 0 heterocycles. The molecule has 2 unspecified atom stereocenters. The fraction of sp³-hybridized carbons (Fsp3) is 0.889. The molecule has 0 fully saturated rings. The topological polar surface area (TPSA) is 80.3 Å². The zero-order valence-electron chi connectivity index (χ0n) is 15.2. The van der Waals surface area contributed by atoms with Crippen LogP contribution in [-0.4, -0.2) is 11.9 Å². The van der Waals surface area contributed by atoms with Crippen LogP contribution >= 0.6 is 0 Å². The normalized spacial score (nSPS) is 12.3. The summed E-state index contributed by atoms with van der Waals surface area (Å²) in [6.07, 6.45) is 9.09. The number of hydrogen-bond acceptors (Lipinski definition) is 4. The fourth-order valence-electron chi connectivity index (χ4n) is 2.36. The van der Waals surface area contributed by atoms with Crippen LogP contribution in [0.3, 0.4) is 0 Å². The number of rotatable bonds is 12. The van der Waals surface area contributed by atoms with Crippen molar-refractivity contribution in [2.45, 2.75) is 91.9 Å². The van der Waals surface area contributed by atoms with Gasteiger partial charge in [-0.2, -0.15) is 0 Å². The molecule has 5 heteroatoms. The molecule has 2 atom stereocenters. The first-order valence-corrected chi connectivity index (χ1v) is 8.86. The number of carboxylic acid groups (broad SMARTS) is 2. The van der Waals surface area contributed by atoms with Gasteiger partial charge in [0.05, 0.1) is 0 Å². The summed E-state index contributed by atoms with van der Waals surface area (Å²) in [5.41, 5.74) is 0. The predicted molar refractivity (Wildman–Crippen MR) is 85.9 cm³/mol. The Labute approximate surface area is 152 Å². The minimum Gasteiger partial charge on any atom is -0.550 e. The maximum Gasteiger partial charge on any atom is 2.00 e. The molecule has 0 rings (SSSR count). The van der Waals surface area contributed by atoms with E-state index in [1.807, 2.05) is 13.8 Å². The zero-order valence-corrected chi connectivity index (χ0v) is 16.2. The number of carbonyl (C=O) groups is 2. The maximum absolute atomic E-state index is 10.5. The molecule has 4 nitrogen and oxygen atoms in total. The first kappa shape index (κ1) is 27.3. The number of carbonyl (C=O) groups excluding carboxylic acids is 2. The average Bonchev–Trinajstić information content (AvgIpc) is 2.48. The summed E-state index contributed by atoms with van der Waals surface area (Å²) in [5, 5.41) is 21.0. The van der Waals surface area contributed by atoms with Crippen molar-refractivity contribution in [3.05, 3.63) is 0 Å². The average molecular weight is 373 g/mol. The van der Waals surface area contributed by atoms with Crippen molar-refractivity contribution >= 4 is 11.9 Å². The summed E-state index contributed by atoms with van der Waals surface area (Å²) >= 11 is 0. The second-order valence-electron chi connectivity index (χ2n) is 5.89. The fourth-order valence-corrected chi connectivity index (χ4v) is 2.36. The van der Waals surface area contributed by atoms with Crippen LogP contribution in [0.15, 0.2) is 0 Å². The number of hydrogen-bond donors (Lipinski definition) is 0. The molecule has 0 aliphatic carbocycles. The van der Waals surface area contributed by atoms with Gasteiger partial charge in [0.1, 0.15) is 0 Å². The van der Waals surface area contributed by atoms with E-state index in [1.54, 1.807) is 0 Å². The Morgan fingerprint density at radius 2 is 0.957 bits per heavy atom. The monoisotopic (exact) mass is 372 g/mol. The minimum absolute atomic E-state index is 0. The molecule has 0 radical (unpaired) electrons. The Balaban J connectivity index is -0.000000333. The van der Waals surface area contributed by atoms with Crippen molar-refractivity contribution in [3.63, 3.8) is 0 Å². The van der Waals surface area contributed by atoms with Gasteiger partial charge in [0.2, 0.25) is 0 Å². The second kappa shape index (κ2) is 19.5. The van der Waals surface area contributed by atoms with Crippen LogP contribution in [0.1, 0.15) is 91.9 Å². The smallest absolute Gasteiger partial charge is 0.550 e. The summed E-state index contributed by atoms with van der Waals surface area (Å²) in [5.74, 6) is -2.17. The minimum atomic E-state index is -0.875. The van der Waals surface area contributed by atoms with Gasteiger partial charge in [-0.15, -0.1) is 0 Å². The number of aliphatic carboxylic acids is 2. The van der Waals surface area contributed by atoms with Crippen molar-refractivity contribution in [3.8, 4) is 0 Å². The molecule has 0 N–H and O–H groups in total. The Morgan fingerprint density at radius 3 is 1.13 bits per heavy atom. The van der Waals surface area contributed by atoms with Crippen LogP contribution < -0.4 is 10.2 Å². The molecule has 0 aromatic rings. The van der Waals surface area contributed by atoms with Crippen molar-refractivity contribution in [1.82, 2.24) is 0 Å². The van der Waals surface area contributed by atoms with E-state index in [0.717, 1.165) is 64.2 Å². The van der Waals surface area contributed by atoms with E-state index < -0.39 is 11.9 Å². The molecular formula is C18H34NiO4. The summed E-state index contributed by atoms with van der Waals surface area (Å²) in [6.45, 7) is 8.14. The molecule has 0 aromatic carbocycles.